The second kappa shape index (κ2) is 5.82. The van der Waals surface area contributed by atoms with Crippen molar-refractivity contribution in [1.82, 2.24) is 0 Å². The van der Waals surface area contributed by atoms with E-state index in [-0.39, 0.29) is 11.8 Å². The molecule has 0 fully saturated rings. The fourth-order valence-corrected chi connectivity index (χ4v) is 3.89. The molecule has 0 saturated carbocycles. The van der Waals surface area contributed by atoms with Gasteiger partial charge in [-0.05, 0) is 12.1 Å². The fourth-order valence-electron chi connectivity index (χ4n) is 1.28. The maximum Gasteiger partial charge on any atom is 0.398 e. The lowest BCUT2D eigenvalue weighted by Crippen LogP contribution is -2.12. The molecule has 0 aromatic heterocycles. The number of carboxylic acid groups (broad SMARTS) is 1. The quantitative estimate of drug-likeness (QED) is 0.846. The molecule has 0 amide bonds. The number of thioether (sulfide) groups is 1. The summed E-state index contributed by atoms with van der Waals surface area (Å²) in [5.41, 5.74) is -0.455. The average Bonchev–Trinajstić information content (AvgIpc) is 2.23. The highest BCUT2D eigenvalue weighted by Crippen LogP contribution is 2.38. The molecule has 0 atom stereocenters. The summed E-state index contributed by atoms with van der Waals surface area (Å²) in [6.45, 7) is 0. The first-order chi connectivity index (χ1) is 8.93. The van der Waals surface area contributed by atoms with Crippen molar-refractivity contribution in [1.29, 1.82) is 0 Å². The van der Waals surface area contributed by atoms with Gasteiger partial charge in [-0.1, -0.05) is 11.6 Å². The zero-order chi connectivity index (χ0) is 15.7. The Labute approximate surface area is 121 Å². The molecule has 4 nitrogen and oxygen atoms in total. The zero-order valence-electron chi connectivity index (χ0n) is 9.86. The van der Waals surface area contributed by atoms with Crippen LogP contribution in [0.4, 0.5) is 13.2 Å². The van der Waals surface area contributed by atoms with Crippen molar-refractivity contribution in [2.75, 3.05) is 12.0 Å². The standard InChI is InChI=1S/C10H8ClF3O4S2/c1-20(17,18)6-3-2-5(9(15)16)7(11)8(6)19-4-10(12,13)14/h2-3H,4H2,1H3,(H,15,16). The van der Waals surface area contributed by atoms with Crippen molar-refractivity contribution < 1.29 is 31.5 Å². The normalized spacial score (nSPS) is 12.4. The minimum absolute atomic E-state index is 0.140. The monoisotopic (exact) mass is 348 g/mol. The highest BCUT2D eigenvalue weighted by atomic mass is 35.5. The summed E-state index contributed by atoms with van der Waals surface area (Å²) in [7, 11) is -3.83. The number of alkyl halides is 3. The molecule has 0 aliphatic heterocycles. The molecule has 1 aromatic carbocycles. The molecule has 1 N–H and O–H groups in total. The van der Waals surface area contributed by atoms with Gasteiger partial charge in [-0.15, -0.1) is 11.8 Å². The molecule has 10 heteroatoms. The summed E-state index contributed by atoms with van der Waals surface area (Å²) >= 11 is 5.85. The van der Waals surface area contributed by atoms with E-state index in [1.807, 2.05) is 0 Å². The van der Waals surface area contributed by atoms with Crippen molar-refractivity contribution in [3.05, 3.63) is 22.7 Å². The third-order valence-electron chi connectivity index (χ3n) is 2.07. The second-order valence-corrected chi connectivity index (χ2v) is 7.08. The summed E-state index contributed by atoms with van der Waals surface area (Å²) in [5, 5.41) is 8.33. The first kappa shape index (κ1) is 17.1. The molecule has 0 saturated heterocycles. The van der Waals surface area contributed by atoms with E-state index in [4.69, 9.17) is 16.7 Å². The number of carboxylic acids is 1. The van der Waals surface area contributed by atoms with Crippen LogP contribution in [0.3, 0.4) is 0 Å². The van der Waals surface area contributed by atoms with Gasteiger partial charge in [0.15, 0.2) is 9.84 Å². The third kappa shape index (κ3) is 4.29. The minimum atomic E-state index is -4.54. The van der Waals surface area contributed by atoms with Gasteiger partial charge in [-0.2, -0.15) is 13.2 Å². The topological polar surface area (TPSA) is 71.4 Å². The van der Waals surface area contributed by atoms with Crippen LogP contribution in [0.2, 0.25) is 5.02 Å². The Kier molecular flexibility index (Phi) is 4.99. The van der Waals surface area contributed by atoms with Gasteiger partial charge in [-0.25, -0.2) is 13.2 Å². The molecule has 0 aliphatic rings. The van der Waals surface area contributed by atoms with Crippen molar-refractivity contribution >= 4 is 39.2 Å². The Morgan fingerprint density at radius 1 is 1.40 bits per heavy atom. The van der Waals surface area contributed by atoms with E-state index in [0.717, 1.165) is 18.4 Å². The van der Waals surface area contributed by atoms with Gasteiger partial charge in [0.25, 0.3) is 0 Å². The van der Waals surface area contributed by atoms with E-state index >= 15 is 0 Å². The zero-order valence-corrected chi connectivity index (χ0v) is 12.3. The van der Waals surface area contributed by atoms with Gasteiger partial charge >= 0.3 is 12.1 Å². The van der Waals surface area contributed by atoms with Crippen LogP contribution in [-0.2, 0) is 9.84 Å². The molecule has 0 bridgehead atoms. The maximum absolute atomic E-state index is 12.2. The van der Waals surface area contributed by atoms with Crippen LogP contribution in [-0.4, -0.2) is 37.7 Å². The van der Waals surface area contributed by atoms with Crippen molar-refractivity contribution in [2.45, 2.75) is 16.0 Å². The molecule has 1 aromatic rings. The van der Waals surface area contributed by atoms with Gasteiger partial charge in [0, 0.05) is 11.2 Å². The Morgan fingerprint density at radius 3 is 2.35 bits per heavy atom. The number of aromatic carboxylic acids is 1. The lowest BCUT2D eigenvalue weighted by molar-refractivity contribution is -0.105. The highest BCUT2D eigenvalue weighted by molar-refractivity contribution is 8.00. The Hall–Kier alpha value is -0.930. The number of hydrogen-bond donors (Lipinski definition) is 1. The van der Waals surface area contributed by atoms with E-state index in [1.165, 1.54) is 0 Å². The van der Waals surface area contributed by atoms with Crippen LogP contribution in [0.1, 0.15) is 10.4 Å². The second-order valence-electron chi connectivity index (χ2n) is 3.74. The summed E-state index contributed by atoms with van der Waals surface area (Å²) in [5.74, 6) is -2.83. The Balaban J connectivity index is 3.42. The van der Waals surface area contributed by atoms with Crippen LogP contribution in [0, 0.1) is 0 Å². The highest BCUT2D eigenvalue weighted by Gasteiger charge is 2.30. The summed E-state index contributed by atoms with van der Waals surface area (Å²) < 4.78 is 59.7. The van der Waals surface area contributed by atoms with Crippen LogP contribution in [0.25, 0.3) is 0 Å². The summed E-state index contributed by atoms with van der Waals surface area (Å²) in [6, 6.07) is 1.88. The van der Waals surface area contributed by atoms with Gasteiger partial charge < -0.3 is 5.11 Å². The van der Waals surface area contributed by atoms with Crippen LogP contribution in [0.5, 0.6) is 0 Å². The van der Waals surface area contributed by atoms with Gasteiger partial charge in [0.1, 0.15) is 0 Å². The molecule has 0 heterocycles. The predicted molar refractivity (Wildman–Crippen MR) is 68.3 cm³/mol. The van der Waals surface area contributed by atoms with Gasteiger partial charge in [0.05, 0.1) is 21.2 Å². The molecular formula is C10H8ClF3O4S2. The van der Waals surface area contributed by atoms with Gasteiger partial charge in [-0.3, -0.25) is 0 Å². The largest absolute Gasteiger partial charge is 0.478 e. The number of sulfone groups is 1. The number of halogens is 4. The minimum Gasteiger partial charge on any atom is -0.478 e. The molecule has 0 aliphatic carbocycles. The molecular weight excluding hydrogens is 341 g/mol. The predicted octanol–water partition coefficient (Wildman–Crippen LogP) is 3.10. The van der Waals surface area contributed by atoms with Crippen molar-refractivity contribution in [3.8, 4) is 0 Å². The van der Waals surface area contributed by atoms with E-state index in [1.54, 1.807) is 0 Å². The van der Waals surface area contributed by atoms with E-state index in [2.05, 4.69) is 0 Å². The molecule has 0 spiro atoms. The fraction of sp³-hybridized carbons (Fsp3) is 0.300. The lowest BCUT2D eigenvalue weighted by Gasteiger charge is -2.13. The van der Waals surface area contributed by atoms with Crippen LogP contribution in [0.15, 0.2) is 21.9 Å². The Morgan fingerprint density at radius 2 is 1.95 bits per heavy atom. The number of carbonyl (C=O) groups is 1. The van der Waals surface area contributed by atoms with Crippen molar-refractivity contribution in [3.63, 3.8) is 0 Å². The first-order valence-corrected chi connectivity index (χ1v) is 8.14. The molecule has 112 valence electrons. The van der Waals surface area contributed by atoms with E-state index in [9.17, 15) is 26.4 Å². The lowest BCUT2D eigenvalue weighted by atomic mass is 10.2. The molecule has 1 rings (SSSR count). The maximum atomic E-state index is 12.2. The van der Waals surface area contributed by atoms with E-state index in [0.29, 0.717) is 0 Å². The van der Waals surface area contributed by atoms with Crippen molar-refractivity contribution in [2.24, 2.45) is 0 Å². The molecule has 20 heavy (non-hydrogen) atoms. The Bertz CT molecular complexity index is 641. The smallest absolute Gasteiger partial charge is 0.398 e. The number of benzene rings is 1. The van der Waals surface area contributed by atoms with Crippen LogP contribution >= 0.6 is 23.4 Å². The SMILES string of the molecule is CS(=O)(=O)c1ccc(C(=O)O)c(Cl)c1SCC(F)(F)F. The number of hydrogen-bond acceptors (Lipinski definition) is 4. The van der Waals surface area contributed by atoms with E-state index < -0.39 is 48.1 Å². The average molecular weight is 349 g/mol. The van der Waals surface area contributed by atoms with Gasteiger partial charge in [0.2, 0.25) is 0 Å². The third-order valence-corrected chi connectivity index (χ3v) is 5.03. The summed E-state index contributed by atoms with van der Waals surface area (Å²) in [4.78, 5) is 10.0. The first-order valence-electron chi connectivity index (χ1n) is 4.89. The molecule has 0 unspecified atom stereocenters. The number of rotatable bonds is 4. The van der Waals surface area contributed by atoms with Crippen LogP contribution < -0.4 is 0 Å². The summed E-state index contributed by atoms with van der Waals surface area (Å²) in [6.07, 6.45) is -3.74. The molecule has 0 radical (unpaired) electrons.